The second kappa shape index (κ2) is 7.23. The van der Waals surface area contributed by atoms with Crippen molar-refractivity contribution in [2.75, 3.05) is 18.9 Å². The largest absolute Gasteiger partial charge is 0.322 e. The highest BCUT2D eigenvalue weighted by atomic mass is 19.2. The first-order valence-corrected chi connectivity index (χ1v) is 6.73. The van der Waals surface area contributed by atoms with Crippen LogP contribution in [-0.4, -0.2) is 24.4 Å². The molecule has 0 spiro atoms. The van der Waals surface area contributed by atoms with Gasteiger partial charge >= 0.3 is 0 Å². The normalized spacial score (nSPS) is 10.9. The lowest BCUT2D eigenvalue weighted by molar-refractivity contribution is -0.117. The smallest absolute Gasteiger partial charge is 0.238 e. The Kier molecular flexibility index (Phi) is 5.33. The van der Waals surface area contributed by atoms with Crippen molar-refractivity contribution in [3.63, 3.8) is 0 Å². The minimum atomic E-state index is -1.64. The van der Waals surface area contributed by atoms with Crippen LogP contribution in [0.1, 0.15) is 5.56 Å². The maximum atomic E-state index is 13.5. The summed E-state index contributed by atoms with van der Waals surface area (Å²) < 4.78 is 52.4. The molecule has 122 valence electrons. The number of hydrogen-bond donors (Lipinski definition) is 1. The van der Waals surface area contributed by atoms with Crippen LogP contribution in [0, 0.1) is 23.3 Å². The third-order valence-electron chi connectivity index (χ3n) is 3.06. The number of nitrogens with one attached hydrogen (secondary N) is 1. The fourth-order valence-electron chi connectivity index (χ4n) is 2.06. The summed E-state index contributed by atoms with van der Waals surface area (Å²) >= 11 is 0. The zero-order chi connectivity index (χ0) is 17.0. The van der Waals surface area contributed by atoms with Crippen LogP contribution in [0.15, 0.2) is 36.4 Å². The summed E-state index contributed by atoms with van der Waals surface area (Å²) in [5.74, 6) is -5.41. The zero-order valence-corrected chi connectivity index (χ0v) is 12.2. The lowest BCUT2D eigenvalue weighted by atomic mass is 10.2. The van der Waals surface area contributed by atoms with Crippen molar-refractivity contribution in [2.45, 2.75) is 6.54 Å². The molecule has 0 saturated heterocycles. The number of halogens is 4. The molecule has 0 fully saturated rings. The average molecular weight is 326 g/mol. The number of nitrogens with zero attached hydrogens (tertiary/aromatic N) is 1. The summed E-state index contributed by atoms with van der Waals surface area (Å²) in [7, 11) is 1.62. The van der Waals surface area contributed by atoms with Gasteiger partial charge < -0.3 is 5.32 Å². The molecule has 0 radical (unpaired) electrons. The maximum absolute atomic E-state index is 13.5. The summed E-state index contributed by atoms with van der Waals surface area (Å²) in [6, 6.07) is 7.57. The molecule has 2 aromatic carbocycles. The Morgan fingerprint density at radius 3 is 2.52 bits per heavy atom. The predicted octanol–water partition coefficient (Wildman–Crippen LogP) is 3.31. The van der Waals surface area contributed by atoms with E-state index in [9.17, 15) is 22.4 Å². The van der Waals surface area contributed by atoms with Gasteiger partial charge in [-0.1, -0.05) is 12.1 Å². The molecular formula is C16H14F4N2O. The fourth-order valence-corrected chi connectivity index (χ4v) is 2.06. The molecular weight excluding hydrogens is 312 g/mol. The summed E-state index contributed by atoms with van der Waals surface area (Å²) in [6.07, 6.45) is 0. The molecule has 23 heavy (non-hydrogen) atoms. The summed E-state index contributed by atoms with van der Waals surface area (Å²) in [4.78, 5) is 13.4. The Morgan fingerprint density at radius 2 is 1.83 bits per heavy atom. The Hall–Kier alpha value is -2.41. The van der Waals surface area contributed by atoms with Crippen LogP contribution in [0.25, 0.3) is 0 Å². The molecule has 2 rings (SSSR count). The average Bonchev–Trinajstić information content (AvgIpc) is 2.47. The van der Waals surface area contributed by atoms with E-state index >= 15 is 0 Å². The predicted molar refractivity (Wildman–Crippen MR) is 77.7 cm³/mol. The second-order valence-corrected chi connectivity index (χ2v) is 5.07. The Labute approximate surface area is 130 Å². The van der Waals surface area contributed by atoms with Crippen molar-refractivity contribution in [3.8, 4) is 0 Å². The number of amides is 1. The van der Waals surface area contributed by atoms with Crippen LogP contribution in [0.3, 0.4) is 0 Å². The highest BCUT2D eigenvalue weighted by Crippen LogP contribution is 2.19. The first-order chi connectivity index (χ1) is 10.9. The van der Waals surface area contributed by atoms with Gasteiger partial charge in [-0.25, -0.2) is 17.6 Å². The fraction of sp³-hybridized carbons (Fsp3) is 0.188. The van der Waals surface area contributed by atoms with E-state index in [1.165, 1.54) is 12.1 Å². The zero-order valence-electron chi connectivity index (χ0n) is 12.2. The first kappa shape index (κ1) is 17.0. The number of hydrogen-bond acceptors (Lipinski definition) is 2. The summed E-state index contributed by atoms with van der Waals surface area (Å²) in [6.45, 7) is 0.167. The van der Waals surface area contributed by atoms with Gasteiger partial charge in [-0.3, -0.25) is 9.69 Å². The third-order valence-corrected chi connectivity index (χ3v) is 3.06. The third kappa shape index (κ3) is 4.53. The second-order valence-electron chi connectivity index (χ2n) is 5.07. The van der Waals surface area contributed by atoms with E-state index in [0.29, 0.717) is 12.1 Å². The first-order valence-electron chi connectivity index (χ1n) is 6.73. The van der Waals surface area contributed by atoms with Gasteiger partial charge in [0.15, 0.2) is 17.5 Å². The van der Waals surface area contributed by atoms with Crippen molar-refractivity contribution in [2.24, 2.45) is 0 Å². The van der Waals surface area contributed by atoms with E-state index in [1.807, 2.05) is 0 Å². The minimum absolute atomic E-state index is 0.130. The monoisotopic (exact) mass is 326 g/mol. The topological polar surface area (TPSA) is 32.3 Å². The van der Waals surface area contributed by atoms with Crippen molar-refractivity contribution in [1.82, 2.24) is 4.90 Å². The number of rotatable bonds is 5. The molecule has 0 aromatic heterocycles. The SMILES string of the molecule is CN(CC(=O)Nc1ccc(F)c(F)c1F)Cc1cccc(F)c1. The quantitative estimate of drug-likeness (QED) is 0.675. The number of anilines is 1. The molecule has 0 heterocycles. The molecule has 7 heteroatoms. The maximum Gasteiger partial charge on any atom is 0.238 e. The van der Waals surface area contributed by atoms with Crippen LogP contribution in [0.2, 0.25) is 0 Å². The van der Waals surface area contributed by atoms with Crippen molar-refractivity contribution in [3.05, 3.63) is 65.2 Å². The van der Waals surface area contributed by atoms with Gasteiger partial charge in [0.2, 0.25) is 5.91 Å². The van der Waals surface area contributed by atoms with Crippen LogP contribution >= 0.6 is 0 Å². The Bertz CT molecular complexity index is 721. The molecule has 1 amide bonds. The van der Waals surface area contributed by atoms with Gasteiger partial charge in [0.25, 0.3) is 0 Å². The van der Waals surface area contributed by atoms with E-state index in [2.05, 4.69) is 5.32 Å². The number of benzene rings is 2. The molecule has 0 aliphatic heterocycles. The van der Waals surface area contributed by atoms with Gasteiger partial charge in [0, 0.05) is 6.54 Å². The molecule has 0 bridgehead atoms. The molecule has 0 aliphatic carbocycles. The van der Waals surface area contributed by atoms with Crippen molar-refractivity contribution < 1.29 is 22.4 Å². The molecule has 0 unspecified atom stereocenters. The molecule has 0 atom stereocenters. The van der Waals surface area contributed by atoms with Crippen LogP contribution < -0.4 is 5.32 Å². The van der Waals surface area contributed by atoms with Crippen LogP contribution in [-0.2, 0) is 11.3 Å². The van der Waals surface area contributed by atoms with Crippen molar-refractivity contribution >= 4 is 11.6 Å². The highest BCUT2D eigenvalue weighted by molar-refractivity contribution is 5.92. The number of likely N-dealkylation sites (N-methyl/N-ethyl adjacent to an activating group) is 1. The molecule has 3 nitrogen and oxygen atoms in total. The summed E-state index contributed by atoms with van der Waals surface area (Å²) in [5, 5.41) is 2.17. The van der Waals surface area contributed by atoms with E-state index in [4.69, 9.17) is 0 Å². The van der Waals surface area contributed by atoms with E-state index in [-0.39, 0.29) is 12.4 Å². The van der Waals surface area contributed by atoms with Gasteiger partial charge in [-0.2, -0.15) is 0 Å². The molecule has 2 aromatic rings. The van der Waals surface area contributed by atoms with E-state index < -0.39 is 29.0 Å². The molecule has 1 N–H and O–H groups in total. The van der Waals surface area contributed by atoms with Gasteiger partial charge in [0.05, 0.1) is 12.2 Å². The lowest BCUT2D eigenvalue weighted by Crippen LogP contribution is -2.30. The van der Waals surface area contributed by atoms with Gasteiger partial charge in [0.1, 0.15) is 5.82 Å². The molecule has 0 saturated carbocycles. The Morgan fingerprint density at radius 1 is 1.09 bits per heavy atom. The standard InChI is InChI=1S/C16H14F4N2O/c1-22(8-10-3-2-4-11(17)7-10)9-14(23)21-13-6-5-12(18)15(19)16(13)20/h2-7H,8-9H2,1H3,(H,21,23). The van der Waals surface area contributed by atoms with Crippen LogP contribution in [0.5, 0.6) is 0 Å². The Balaban J connectivity index is 1.95. The number of carbonyl (C=O) groups excluding carboxylic acids is 1. The van der Waals surface area contributed by atoms with E-state index in [1.54, 1.807) is 24.1 Å². The molecule has 0 aliphatic rings. The number of carbonyl (C=O) groups is 1. The van der Waals surface area contributed by atoms with Gasteiger partial charge in [-0.15, -0.1) is 0 Å². The lowest BCUT2D eigenvalue weighted by Gasteiger charge is -2.16. The highest BCUT2D eigenvalue weighted by Gasteiger charge is 2.16. The van der Waals surface area contributed by atoms with E-state index in [0.717, 1.165) is 12.1 Å². The van der Waals surface area contributed by atoms with Crippen molar-refractivity contribution in [1.29, 1.82) is 0 Å². The van der Waals surface area contributed by atoms with Crippen LogP contribution in [0.4, 0.5) is 23.2 Å². The minimum Gasteiger partial charge on any atom is -0.322 e. The van der Waals surface area contributed by atoms with Gasteiger partial charge in [-0.05, 0) is 36.9 Å². The summed E-state index contributed by atoms with van der Waals surface area (Å²) in [5.41, 5.74) is 0.229.